The Morgan fingerprint density at radius 3 is 2.52 bits per heavy atom. The molecular formula is C20H28N4O4S. The van der Waals surface area contributed by atoms with Crippen LogP contribution < -0.4 is 10.1 Å². The second-order valence-corrected chi connectivity index (χ2v) is 9.51. The van der Waals surface area contributed by atoms with Crippen molar-refractivity contribution in [2.45, 2.75) is 19.0 Å². The van der Waals surface area contributed by atoms with Gasteiger partial charge in [0.25, 0.3) is 5.91 Å². The highest BCUT2D eigenvalue weighted by atomic mass is 32.2. The minimum absolute atomic E-state index is 0.0402. The lowest BCUT2D eigenvalue weighted by Gasteiger charge is -2.28. The number of carbonyl (C=O) groups excluding carboxylic acids is 1. The number of hydrogen-bond acceptors (Lipinski definition) is 7. The number of amides is 1. The van der Waals surface area contributed by atoms with Crippen LogP contribution in [0.2, 0.25) is 0 Å². The molecule has 1 aliphatic rings. The van der Waals surface area contributed by atoms with E-state index in [1.54, 1.807) is 19.2 Å². The number of hydrogen-bond donors (Lipinski definition) is 1. The van der Waals surface area contributed by atoms with Crippen molar-refractivity contribution < 1.29 is 17.9 Å². The molecule has 1 aromatic carbocycles. The molecule has 1 saturated heterocycles. The van der Waals surface area contributed by atoms with Crippen molar-refractivity contribution in [3.8, 4) is 11.8 Å². The van der Waals surface area contributed by atoms with E-state index in [-0.39, 0.29) is 29.7 Å². The fourth-order valence-corrected chi connectivity index (χ4v) is 4.77. The van der Waals surface area contributed by atoms with E-state index in [2.05, 4.69) is 5.32 Å². The highest BCUT2D eigenvalue weighted by molar-refractivity contribution is 7.91. The molecule has 0 spiro atoms. The maximum Gasteiger partial charge on any atom is 0.263 e. The first-order chi connectivity index (χ1) is 13.7. The van der Waals surface area contributed by atoms with Gasteiger partial charge in [-0.05, 0) is 38.2 Å². The summed E-state index contributed by atoms with van der Waals surface area (Å²) in [6, 6.07) is 8.98. The first-order valence-electron chi connectivity index (χ1n) is 9.38. The number of rotatable bonds is 9. The van der Waals surface area contributed by atoms with Gasteiger partial charge in [-0.15, -0.1) is 0 Å². The maximum absolute atomic E-state index is 12.5. The third kappa shape index (κ3) is 7.07. The summed E-state index contributed by atoms with van der Waals surface area (Å²) in [4.78, 5) is 16.3. The van der Waals surface area contributed by atoms with Crippen LogP contribution in [0.25, 0.3) is 0 Å². The van der Waals surface area contributed by atoms with E-state index in [0.29, 0.717) is 19.5 Å². The molecule has 1 fully saturated rings. The molecule has 0 radical (unpaired) electrons. The molecule has 8 nitrogen and oxygen atoms in total. The van der Waals surface area contributed by atoms with Crippen LogP contribution in [0.3, 0.4) is 0 Å². The Kier molecular flexibility index (Phi) is 8.05. The number of nitrogens with zero attached hydrogens (tertiary/aromatic N) is 3. The largest absolute Gasteiger partial charge is 0.497 e. The minimum atomic E-state index is -3.07. The third-order valence-electron chi connectivity index (χ3n) is 4.75. The van der Waals surface area contributed by atoms with Crippen LogP contribution in [-0.4, -0.2) is 76.0 Å². The van der Waals surface area contributed by atoms with Gasteiger partial charge in [0.2, 0.25) is 0 Å². The Labute approximate surface area is 172 Å². The molecule has 1 atom stereocenters. The summed E-state index contributed by atoms with van der Waals surface area (Å²) in [5.74, 6) is 0.415. The van der Waals surface area contributed by atoms with E-state index in [0.717, 1.165) is 11.3 Å². The quantitative estimate of drug-likeness (QED) is 0.465. The zero-order valence-electron chi connectivity index (χ0n) is 17.1. The van der Waals surface area contributed by atoms with Gasteiger partial charge in [0, 0.05) is 31.9 Å². The van der Waals surface area contributed by atoms with Gasteiger partial charge in [-0.1, -0.05) is 12.1 Å². The van der Waals surface area contributed by atoms with Gasteiger partial charge in [-0.2, -0.15) is 5.26 Å². The van der Waals surface area contributed by atoms with Gasteiger partial charge in [-0.3, -0.25) is 4.79 Å². The first kappa shape index (κ1) is 22.7. The van der Waals surface area contributed by atoms with Crippen molar-refractivity contribution in [3.05, 3.63) is 41.6 Å². The monoisotopic (exact) mass is 420 g/mol. The molecule has 0 aromatic heterocycles. The molecule has 1 aromatic rings. The molecule has 0 bridgehead atoms. The lowest BCUT2D eigenvalue weighted by atomic mass is 10.2. The van der Waals surface area contributed by atoms with Crippen LogP contribution in [-0.2, 0) is 21.2 Å². The Bertz CT molecular complexity index is 873. The Hall–Kier alpha value is -2.57. The van der Waals surface area contributed by atoms with Crippen molar-refractivity contribution in [2.75, 3.05) is 45.8 Å². The number of likely N-dealkylation sites (N-methyl/N-ethyl adjacent to an activating group) is 1. The van der Waals surface area contributed by atoms with Crippen LogP contribution in [0, 0.1) is 11.3 Å². The summed E-state index contributed by atoms with van der Waals surface area (Å²) in [5, 5.41) is 12.2. The molecule has 1 aliphatic heterocycles. The molecule has 29 heavy (non-hydrogen) atoms. The zero-order chi connectivity index (χ0) is 21.4. The van der Waals surface area contributed by atoms with E-state index in [1.165, 1.54) is 6.20 Å². The molecule has 0 aliphatic carbocycles. The molecule has 1 amide bonds. The summed E-state index contributed by atoms with van der Waals surface area (Å²) < 4.78 is 28.8. The number of nitriles is 1. The summed E-state index contributed by atoms with van der Waals surface area (Å²) >= 11 is 0. The topological polar surface area (TPSA) is 103 Å². The number of nitrogens with one attached hydrogen (secondary N) is 1. The average Bonchev–Trinajstić information content (AvgIpc) is 3.06. The summed E-state index contributed by atoms with van der Waals surface area (Å²) in [6.07, 6.45) is 2.00. The van der Waals surface area contributed by atoms with Gasteiger partial charge < -0.3 is 19.9 Å². The van der Waals surface area contributed by atoms with Gasteiger partial charge in [-0.25, -0.2) is 8.42 Å². The second-order valence-electron chi connectivity index (χ2n) is 7.28. The minimum Gasteiger partial charge on any atom is -0.497 e. The van der Waals surface area contributed by atoms with E-state index >= 15 is 0 Å². The predicted molar refractivity (Wildman–Crippen MR) is 111 cm³/mol. The number of methoxy groups -OCH3 is 1. The standard InChI is InChI=1S/C20H28N4O4S/c1-23(2)9-10-24(18-8-11-29(26,27)15-18)14-17(12-21)20(25)22-13-16-4-6-19(28-3)7-5-16/h4-7,14,18H,8-11,13,15H2,1-3H3,(H,22,25)/b17-14-. The maximum atomic E-state index is 12.5. The zero-order valence-corrected chi connectivity index (χ0v) is 17.9. The van der Waals surface area contributed by atoms with E-state index in [4.69, 9.17) is 4.74 Å². The van der Waals surface area contributed by atoms with Crippen LogP contribution in [0.15, 0.2) is 36.0 Å². The van der Waals surface area contributed by atoms with Gasteiger partial charge in [0.05, 0.1) is 18.6 Å². The fourth-order valence-electron chi connectivity index (χ4n) is 3.03. The molecule has 9 heteroatoms. The third-order valence-corrected chi connectivity index (χ3v) is 6.51. The second kappa shape index (κ2) is 10.3. The molecule has 1 heterocycles. The average molecular weight is 421 g/mol. The summed E-state index contributed by atoms with van der Waals surface area (Å²) in [7, 11) is 2.34. The normalized spacial score (nSPS) is 18.3. The van der Waals surface area contributed by atoms with Crippen LogP contribution in [0.1, 0.15) is 12.0 Å². The van der Waals surface area contributed by atoms with Crippen LogP contribution in [0.5, 0.6) is 5.75 Å². The van der Waals surface area contributed by atoms with Crippen molar-refractivity contribution in [2.24, 2.45) is 0 Å². The van der Waals surface area contributed by atoms with Crippen molar-refractivity contribution in [3.63, 3.8) is 0 Å². The lowest BCUT2D eigenvalue weighted by Crippen LogP contribution is -2.38. The molecule has 1 N–H and O–H groups in total. The molecule has 1 unspecified atom stereocenters. The summed E-state index contributed by atoms with van der Waals surface area (Å²) in [5.41, 5.74) is 0.837. The fraction of sp³-hybridized carbons (Fsp3) is 0.500. The first-order valence-corrected chi connectivity index (χ1v) is 11.2. The lowest BCUT2D eigenvalue weighted by molar-refractivity contribution is -0.117. The molecular weight excluding hydrogens is 392 g/mol. The van der Waals surface area contributed by atoms with Crippen molar-refractivity contribution >= 4 is 15.7 Å². The Morgan fingerprint density at radius 1 is 1.31 bits per heavy atom. The highest BCUT2D eigenvalue weighted by Gasteiger charge is 2.31. The van der Waals surface area contributed by atoms with Crippen molar-refractivity contribution in [1.29, 1.82) is 5.26 Å². The van der Waals surface area contributed by atoms with Crippen LogP contribution >= 0.6 is 0 Å². The van der Waals surface area contributed by atoms with E-state index < -0.39 is 15.7 Å². The molecule has 158 valence electrons. The summed E-state index contributed by atoms with van der Waals surface area (Å²) in [6.45, 7) is 1.49. The Morgan fingerprint density at radius 2 is 2.00 bits per heavy atom. The van der Waals surface area contributed by atoms with Gasteiger partial charge >= 0.3 is 0 Å². The number of ether oxygens (including phenoxy) is 1. The van der Waals surface area contributed by atoms with Crippen molar-refractivity contribution in [1.82, 2.24) is 15.1 Å². The number of carbonyl (C=O) groups is 1. The Balaban J connectivity index is 2.08. The number of sulfone groups is 1. The SMILES string of the molecule is COc1ccc(CNC(=O)/C(C#N)=C\N(CCN(C)C)C2CCS(=O)(=O)C2)cc1. The highest BCUT2D eigenvalue weighted by Crippen LogP contribution is 2.19. The van der Waals surface area contributed by atoms with E-state index in [1.807, 2.05) is 42.1 Å². The van der Waals surface area contributed by atoms with E-state index in [9.17, 15) is 18.5 Å². The number of benzene rings is 1. The predicted octanol–water partition coefficient (Wildman–Crippen LogP) is 0.770. The van der Waals surface area contributed by atoms with Gasteiger partial charge in [0.15, 0.2) is 9.84 Å². The molecule has 0 saturated carbocycles. The molecule has 2 rings (SSSR count). The van der Waals surface area contributed by atoms with Crippen LogP contribution in [0.4, 0.5) is 0 Å². The smallest absolute Gasteiger partial charge is 0.263 e. The van der Waals surface area contributed by atoms with Gasteiger partial charge in [0.1, 0.15) is 17.4 Å².